The number of benzene rings is 1. The van der Waals surface area contributed by atoms with Gasteiger partial charge in [-0.3, -0.25) is 4.79 Å². The molecule has 0 unspecified atom stereocenters. The molecule has 0 saturated heterocycles. The lowest BCUT2D eigenvalue weighted by Gasteiger charge is -2.09. The zero-order valence-electron chi connectivity index (χ0n) is 10.8. The van der Waals surface area contributed by atoms with E-state index in [1.807, 2.05) is 37.5 Å². The van der Waals surface area contributed by atoms with Crippen LogP contribution >= 0.6 is 0 Å². The Labute approximate surface area is 106 Å². The number of carbonyl (C=O) groups is 1. The summed E-state index contributed by atoms with van der Waals surface area (Å²) in [5, 5.41) is 8.78. The van der Waals surface area contributed by atoms with Gasteiger partial charge in [0, 0.05) is 11.9 Å². The lowest BCUT2D eigenvalue weighted by molar-refractivity contribution is -0.136. The van der Waals surface area contributed by atoms with Crippen LogP contribution in [0.4, 0.5) is 0 Å². The standard InChI is InChI=1S/C14H16N2O2/c1-9-4-5-13(10(2)6-9)16-8-12(7-14(17)18)15-11(16)3/h4-6,8H,7H2,1-3H3,(H,17,18). The van der Waals surface area contributed by atoms with Gasteiger partial charge in [0.25, 0.3) is 0 Å². The van der Waals surface area contributed by atoms with Crippen molar-refractivity contribution < 1.29 is 9.90 Å². The molecule has 4 nitrogen and oxygen atoms in total. The van der Waals surface area contributed by atoms with E-state index in [0.717, 1.165) is 17.1 Å². The highest BCUT2D eigenvalue weighted by atomic mass is 16.4. The van der Waals surface area contributed by atoms with E-state index in [0.29, 0.717) is 5.69 Å². The third-order valence-corrected chi connectivity index (χ3v) is 2.88. The summed E-state index contributed by atoms with van der Waals surface area (Å²) in [4.78, 5) is 15.0. The highest BCUT2D eigenvalue weighted by Gasteiger charge is 2.10. The summed E-state index contributed by atoms with van der Waals surface area (Å²) in [6.07, 6.45) is 1.75. The van der Waals surface area contributed by atoms with Crippen molar-refractivity contribution in [3.05, 3.63) is 47.0 Å². The normalized spacial score (nSPS) is 10.6. The Balaban J connectivity index is 2.44. The minimum atomic E-state index is -0.861. The van der Waals surface area contributed by atoms with Crippen LogP contribution in [0.25, 0.3) is 5.69 Å². The number of carboxylic acid groups (broad SMARTS) is 1. The van der Waals surface area contributed by atoms with Crippen molar-refractivity contribution >= 4 is 5.97 Å². The summed E-state index contributed by atoms with van der Waals surface area (Å²) < 4.78 is 1.94. The van der Waals surface area contributed by atoms with Crippen LogP contribution in [0.15, 0.2) is 24.4 Å². The zero-order valence-corrected chi connectivity index (χ0v) is 10.8. The number of hydrogen-bond acceptors (Lipinski definition) is 2. The maximum atomic E-state index is 10.7. The maximum absolute atomic E-state index is 10.7. The number of rotatable bonds is 3. The Morgan fingerprint density at radius 1 is 1.33 bits per heavy atom. The molecule has 1 aromatic carbocycles. The van der Waals surface area contributed by atoms with Gasteiger partial charge in [0.2, 0.25) is 0 Å². The molecule has 0 aliphatic carbocycles. The fraction of sp³-hybridized carbons (Fsp3) is 0.286. The average molecular weight is 244 g/mol. The zero-order chi connectivity index (χ0) is 13.3. The van der Waals surface area contributed by atoms with Crippen LogP contribution in [-0.2, 0) is 11.2 Å². The summed E-state index contributed by atoms with van der Waals surface area (Å²) in [5.74, 6) is -0.0570. The SMILES string of the molecule is Cc1ccc(-n2cc(CC(=O)O)nc2C)c(C)c1. The van der Waals surface area contributed by atoms with E-state index < -0.39 is 5.97 Å². The summed E-state index contributed by atoms with van der Waals surface area (Å²) in [7, 11) is 0. The second-order valence-electron chi connectivity index (χ2n) is 4.51. The van der Waals surface area contributed by atoms with Gasteiger partial charge < -0.3 is 9.67 Å². The minimum Gasteiger partial charge on any atom is -0.481 e. The van der Waals surface area contributed by atoms with Crippen molar-refractivity contribution in [1.29, 1.82) is 0 Å². The molecule has 94 valence electrons. The molecule has 0 fully saturated rings. The number of hydrogen-bond donors (Lipinski definition) is 1. The van der Waals surface area contributed by atoms with Gasteiger partial charge in [-0.15, -0.1) is 0 Å². The number of imidazole rings is 1. The minimum absolute atomic E-state index is 0.0429. The summed E-state index contributed by atoms with van der Waals surface area (Å²) in [6.45, 7) is 5.97. The van der Waals surface area contributed by atoms with Crippen molar-refractivity contribution in [3.8, 4) is 5.69 Å². The monoisotopic (exact) mass is 244 g/mol. The molecule has 0 saturated carbocycles. The molecular formula is C14H16N2O2. The molecule has 0 radical (unpaired) electrons. The molecule has 4 heteroatoms. The van der Waals surface area contributed by atoms with Crippen LogP contribution < -0.4 is 0 Å². The second-order valence-corrected chi connectivity index (χ2v) is 4.51. The van der Waals surface area contributed by atoms with Gasteiger partial charge in [-0.25, -0.2) is 4.98 Å². The smallest absolute Gasteiger partial charge is 0.309 e. The Morgan fingerprint density at radius 3 is 2.67 bits per heavy atom. The highest BCUT2D eigenvalue weighted by Crippen LogP contribution is 2.18. The van der Waals surface area contributed by atoms with E-state index in [9.17, 15) is 4.79 Å². The van der Waals surface area contributed by atoms with Crippen molar-refractivity contribution in [2.75, 3.05) is 0 Å². The van der Waals surface area contributed by atoms with E-state index in [-0.39, 0.29) is 6.42 Å². The van der Waals surface area contributed by atoms with Crippen molar-refractivity contribution in [3.63, 3.8) is 0 Å². The number of aliphatic carboxylic acids is 1. The first-order chi connectivity index (χ1) is 8.47. The van der Waals surface area contributed by atoms with Crippen LogP contribution in [0.1, 0.15) is 22.6 Å². The molecule has 1 N–H and O–H groups in total. The van der Waals surface area contributed by atoms with Gasteiger partial charge in [0.1, 0.15) is 5.82 Å². The first-order valence-electron chi connectivity index (χ1n) is 5.81. The van der Waals surface area contributed by atoms with Crippen molar-refractivity contribution in [2.24, 2.45) is 0 Å². The van der Waals surface area contributed by atoms with Gasteiger partial charge in [-0.1, -0.05) is 17.7 Å². The van der Waals surface area contributed by atoms with Crippen LogP contribution in [0.2, 0.25) is 0 Å². The molecular weight excluding hydrogens is 228 g/mol. The predicted octanol–water partition coefficient (Wildman–Crippen LogP) is 2.42. The van der Waals surface area contributed by atoms with E-state index in [4.69, 9.17) is 5.11 Å². The molecule has 1 heterocycles. The lowest BCUT2D eigenvalue weighted by atomic mass is 10.1. The van der Waals surface area contributed by atoms with Crippen LogP contribution in [-0.4, -0.2) is 20.6 Å². The van der Waals surface area contributed by atoms with Gasteiger partial charge in [0.15, 0.2) is 0 Å². The third-order valence-electron chi connectivity index (χ3n) is 2.88. The van der Waals surface area contributed by atoms with Crippen molar-refractivity contribution in [2.45, 2.75) is 27.2 Å². The molecule has 2 rings (SSSR count). The fourth-order valence-electron chi connectivity index (χ4n) is 2.09. The molecule has 0 aliphatic heterocycles. The molecule has 0 atom stereocenters. The first-order valence-corrected chi connectivity index (χ1v) is 5.81. The summed E-state index contributed by atoms with van der Waals surface area (Å²) in [5.41, 5.74) is 3.99. The Bertz CT molecular complexity index is 600. The molecule has 2 aromatic rings. The number of nitrogens with zero attached hydrogens (tertiary/aromatic N) is 2. The third kappa shape index (κ3) is 2.42. The molecule has 18 heavy (non-hydrogen) atoms. The molecule has 0 amide bonds. The van der Waals surface area contributed by atoms with Crippen molar-refractivity contribution in [1.82, 2.24) is 9.55 Å². The second kappa shape index (κ2) is 4.64. The number of aryl methyl sites for hydroxylation is 3. The average Bonchev–Trinajstić information content (AvgIpc) is 2.58. The fourth-order valence-corrected chi connectivity index (χ4v) is 2.09. The summed E-state index contributed by atoms with van der Waals surface area (Å²) >= 11 is 0. The van der Waals surface area contributed by atoms with Crippen LogP contribution in [0.3, 0.4) is 0 Å². The maximum Gasteiger partial charge on any atom is 0.309 e. The number of aromatic nitrogens is 2. The Morgan fingerprint density at radius 2 is 2.06 bits per heavy atom. The van der Waals surface area contributed by atoms with E-state index in [1.165, 1.54) is 5.56 Å². The molecule has 0 aliphatic rings. The van der Waals surface area contributed by atoms with E-state index >= 15 is 0 Å². The topological polar surface area (TPSA) is 55.1 Å². The van der Waals surface area contributed by atoms with Crippen LogP contribution in [0.5, 0.6) is 0 Å². The highest BCUT2D eigenvalue weighted by molar-refractivity contribution is 5.69. The van der Waals surface area contributed by atoms with Gasteiger partial charge in [0.05, 0.1) is 12.1 Å². The van der Waals surface area contributed by atoms with Gasteiger partial charge in [-0.05, 0) is 32.4 Å². The van der Waals surface area contributed by atoms with E-state index in [1.54, 1.807) is 6.20 Å². The van der Waals surface area contributed by atoms with E-state index in [2.05, 4.69) is 11.1 Å². The predicted molar refractivity (Wildman–Crippen MR) is 69.1 cm³/mol. The largest absolute Gasteiger partial charge is 0.481 e. The van der Waals surface area contributed by atoms with Gasteiger partial charge in [-0.2, -0.15) is 0 Å². The number of carboxylic acids is 1. The Kier molecular flexibility index (Phi) is 3.19. The first kappa shape index (κ1) is 12.4. The van der Waals surface area contributed by atoms with Crippen LogP contribution in [0, 0.1) is 20.8 Å². The lowest BCUT2D eigenvalue weighted by Crippen LogP contribution is -2.00. The Hall–Kier alpha value is -2.10. The molecule has 0 bridgehead atoms. The molecule has 0 spiro atoms. The quantitative estimate of drug-likeness (QED) is 0.902. The summed E-state index contributed by atoms with van der Waals surface area (Å²) in [6, 6.07) is 6.17. The molecule has 1 aromatic heterocycles. The van der Waals surface area contributed by atoms with Gasteiger partial charge >= 0.3 is 5.97 Å².